The van der Waals surface area contributed by atoms with Gasteiger partial charge in [0, 0.05) is 12.6 Å². The molecule has 0 spiro atoms. The third-order valence-corrected chi connectivity index (χ3v) is 4.98. The van der Waals surface area contributed by atoms with Crippen molar-refractivity contribution in [2.75, 3.05) is 7.11 Å². The van der Waals surface area contributed by atoms with Crippen molar-refractivity contribution in [2.45, 2.75) is 44.9 Å². The van der Waals surface area contributed by atoms with Gasteiger partial charge in [-0.25, -0.2) is 0 Å². The summed E-state index contributed by atoms with van der Waals surface area (Å²) < 4.78 is 5.18. The zero-order valence-corrected chi connectivity index (χ0v) is 14.2. The van der Waals surface area contributed by atoms with E-state index in [4.69, 9.17) is 4.74 Å². The number of nitrogens with one attached hydrogen (secondary N) is 3. The first-order chi connectivity index (χ1) is 11.6. The van der Waals surface area contributed by atoms with Crippen molar-refractivity contribution < 1.29 is 14.3 Å². The molecule has 1 saturated heterocycles. The van der Waals surface area contributed by atoms with Gasteiger partial charge in [-0.05, 0) is 42.9 Å². The zero-order chi connectivity index (χ0) is 17.1. The molecule has 6 heteroatoms. The van der Waals surface area contributed by atoms with Crippen LogP contribution in [0.25, 0.3) is 0 Å². The van der Waals surface area contributed by atoms with Gasteiger partial charge in [0.1, 0.15) is 5.75 Å². The molecule has 6 nitrogen and oxygen atoms in total. The molecule has 1 aliphatic carbocycles. The number of methoxy groups -OCH3 is 1. The predicted octanol–water partition coefficient (Wildman–Crippen LogP) is 1.16. The Bertz CT molecular complexity index is 619. The summed E-state index contributed by atoms with van der Waals surface area (Å²) in [5.41, 5.74) is 0.953. The van der Waals surface area contributed by atoms with Gasteiger partial charge in [0.15, 0.2) is 6.17 Å². The van der Waals surface area contributed by atoms with E-state index in [1.165, 1.54) is 0 Å². The number of ether oxygens (including phenoxy) is 1. The summed E-state index contributed by atoms with van der Waals surface area (Å²) in [5, 5.41) is 8.98. The van der Waals surface area contributed by atoms with Gasteiger partial charge in [0.05, 0.1) is 13.0 Å². The highest BCUT2D eigenvalue weighted by Gasteiger charge is 2.41. The standard InChI is InChI=1S/C18H25N3O3/c1-11-6-7-15-14(8-11)17(22)21-16(20-15)18(23)19-10-12-4-3-5-13(9-12)24-2/h3-5,9,11,14-16,20H,6-8,10H2,1-2H3,(H,19,23)(H,21,22). The number of hydrogen-bond acceptors (Lipinski definition) is 4. The second kappa shape index (κ2) is 7.21. The van der Waals surface area contributed by atoms with E-state index in [0.29, 0.717) is 12.5 Å². The van der Waals surface area contributed by atoms with Crippen LogP contribution in [0.3, 0.4) is 0 Å². The molecule has 4 atom stereocenters. The molecular formula is C18H25N3O3. The van der Waals surface area contributed by atoms with E-state index in [-0.39, 0.29) is 23.8 Å². The molecule has 1 heterocycles. The SMILES string of the molecule is COc1cccc(CNC(=O)C2NC(=O)C3CC(C)CCC3N2)c1. The van der Waals surface area contributed by atoms with E-state index in [1.807, 2.05) is 24.3 Å². The monoisotopic (exact) mass is 331 g/mol. The van der Waals surface area contributed by atoms with Crippen molar-refractivity contribution in [2.24, 2.45) is 11.8 Å². The molecule has 4 unspecified atom stereocenters. The van der Waals surface area contributed by atoms with E-state index in [2.05, 4.69) is 22.9 Å². The lowest BCUT2D eigenvalue weighted by Gasteiger charge is -2.41. The summed E-state index contributed by atoms with van der Waals surface area (Å²) >= 11 is 0. The van der Waals surface area contributed by atoms with Crippen molar-refractivity contribution >= 4 is 11.8 Å². The maximum Gasteiger partial charge on any atom is 0.257 e. The summed E-state index contributed by atoms with van der Waals surface area (Å²) in [5.74, 6) is 1.09. The fraction of sp³-hybridized carbons (Fsp3) is 0.556. The number of fused-ring (bicyclic) bond motifs is 1. The molecule has 1 aliphatic heterocycles. The normalized spacial score (nSPS) is 29.3. The number of amides is 2. The van der Waals surface area contributed by atoms with Crippen molar-refractivity contribution in [3.63, 3.8) is 0 Å². The molecule has 0 radical (unpaired) electrons. The molecule has 130 valence electrons. The number of carbonyl (C=O) groups is 2. The minimum Gasteiger partial charge on any atom is -0.497 e. The lowest BCUT2D eigenvalue weighted by atomic mass is 9.77. The van der Waals surface area contributed by atoms with Gasteiger partial charge in [0.2, 0.25) is 5.91 Å². The van der Waals surface area contributed by atoms with E-state index in [1.54, 1.807) is 7.11 Å². The smallest absolute Gasteiger partial charge is 0.257 e. The highest BCUT2D eigenvalue weighted by Crippen LogP contribution is 2.31. The number of benzene rings is 1. The van der Waals surface area contributed by atoms with Crippen molar-refractivity contribution in [1.29, 1.82) is 0 Å². The van der Waals surface area contributed by atoms with Crippen LogP contribution >= 0.6 is 0 Å². The van der Waals surface area contributed by atoms with Crippen molar-refractivity contribution in [3.05, 3.63) is 29.8 Å². The van der Waals surface area contributed by atoms with Crippen molar-refractivity contribution in [1.82, 2.24) is 16.0 Å². The topological polar surface area (TPSA) is 79.5 Å². The minimum atomic E-state index is -0.655. The summed E-state index contributed by atoms with van der Waals surface area (Å²) in [6.07, 6.45) is 2.28. The molecule has 24 heavy (non-hydrogen) atoms. The second-order valence-electron chi connectivity index (χ2n) is 6.81. The van der Waals surface area contributed by atoms with Crippen LogP contribution in [0.5, 0.6) is 5.75 Å². The summed E-state index contributed by atoms with van der Waals surface area (Å²) in [6, 6.07) is 7.65. The Labute approximate surface area is 142 Å². The Hall–Kier alpha value is -2.08. The average molecular weight is 331 g/mol. The van der Waals surface area contributed by atoms with E-state index in [0.717, 1.165) is 30.6 Å². The van der Waals surface area contributed by atoms with E-state index >= 15 is 0 Å². The van der Waals surface area contributed by atoms with Crippen LogP contribution in [-0.2, 0) is 16.1 Å². The van der Waals surface area contributed by atoms with Crippen LogP contribution in [0.2, 0.25) is 0 Å². The fourth-order valence-corrected chi connectivity index (χ4v) is 3.59. The molecule has 1 saturated carbocycles. The molecule has 0 aromatic heterocycles. The number of carbonyl (C=O) groups excluding carboxylic acids is 2. The molecule has 0 bridgehead atoms. The van der Waals surface area contributed by atoms with Crippen LogP contribution in [0.15, 0.2) is 24.3 Å². The quantitative estimate of drug-likeness (QED) is 0.774. The van der Waals surface area contributed by atoms with Crippen LogP contribution in [-0.4, -0.2) is 31.1 Å². The molecule has 2 amide bonds. The number of hydrogen-bond donors (Lipinski definition) is 3. The first kappa shape index (κ1) is 16.8. The predicted molar refractivity (Wildman–Crippen MR) is 90.2 cm³/mol. The van der Waals surface area contributed by atoms with E-state index < -0.39 is 6.17 Å². The van der Waals surface area contributed by atoms with Gasteiger partial charge in [-0.2, -0.15) is 0 Å². The lowest BCUT2D eigenvalue weighted by Crippen LogP contribution is -2.66. The molecule has 1 aromatic carbocycles. The Morgan fingerprint density at radius 3 is 3.00 bits per heavy atom. The largest absolute Gasteiger partial charge is 0.497 e. The summed E-state index contributed by atoms with van der Waals surface area (Å²) in [7, 11) is 1.61. The third-order valence-electron chi connectivity index (χ3n) is 4.98. The molecular weight excluding hydrogens is 306 g/mol. The average Bonchev–Trinajstić information content (AvgIpc) is 2.60. The van der Waals surface area contributed by atoms with E-state index in [9.17, 15) is 9.59 Å². The van der Waals surface area contributed by atoms with Crippen LogP contribution in [0.1, 0.15) is 31.7 Å². The Kier molecular flexibility index (Phi) is 5.04. The zero-order valence-electron chi connectivity index (χ0n) is 14.2. The van der Waals surface area contributed by atoms with Gasteiger partial charge >= 0.3 is 0 Å². The number of rotatable bonds is 4. The van der Waals surface area contributed by atoms with Gasteiger partial charge < -0.3 is 15.4 Å². The van der Waals surface area contributed by atoms with Gasteiger partial charge in [-0.15, -0.1) is 0 Å². The Morgan fingerprint density at radius 1 is 1.38 bits per heavy atom. The molecule has 2 aliphatic rings. The summed E-state index contributed by atoms with van der Waals surface area (Å²) in [6.45, 7) is 2.58. The molecule has 3 rings (SSSR count). The molecule has 1 aromatic rings. The maximum absolute atomic E-state index is 12.4. The lowest BCUT2D eigenvalue weighted by molar-refractivity contribution is -0.137. The van der Waals surface area contributed by atoms with Crippen LogP contribution < -0.4 is 20.7 Å². The molecule has 3 N–H and O–H groups in total. The summed E-state index contributed by atoms with van der Waals surface area (Å²) in [4.78, 5) is 24.7. The second-order valence-corrected chi connectivity index (χ2v) is 6.81. The van der Waals surface area contributed by atoms with Gasteiger partial charge in [-0.1, -0.05) is 19.1 Å². The maximum atomic E-state index is 12.4. The minimum absolute atomic E-state index is 0.00756. The molecule has 2 fully saturated rings. The van der Waals surface area contributed by atoms with Crippen LogP contribution in [0.4, 0.5) is 0 Å². The Balaban J connectivity index is 1.56. The van der Waals surface area contributed by atoms with Gasteiger partial charge in [0.25, 0.3) is 5.91 Å². The third kappa shape index (κ3) is 3.70. The first-order valence-electron chi connectivity index (χ1n) is 8.54. The van der Waals surface area contributed by atoms with Gasteiger partial charge in [-0.3, -0.25) is 14.9 Å². The highest BCUT2D eigenvalue weighted by molar-refractivity contribution is 5.89. The Morgan fingerprint density at radius 2 is 2.21 bits per heavy atom. The van der Waals surface area contributed by atoms with Crippen LogP contribution in [0, 0.1) is 11.8 Å². The van der Waals surface area contributed by atoms with Crippen molar-refractivity contribution in [3.8, 4) is 5.75 Å². The highest BCUT2D eigenvalue weighted by atomic mass is 16.5. The first-order valence-corrected chi connectivity index (χ1v) is 8.54. The fourth-order valence-electron chi connectivity index (χ4n) is 3.59.